The van der Waals surface area contributed by atoms with Gasteiger partial charge in [-0.1, -0.05) is 61.6 Å². The van der Waals surface area contributed by atoms with Gasteiger partial charge in [0.15, 0.2) is 0 Å². The van der Waals surface area contributed by atoms with Crippen molar-refractivity contribution in [3.8, 4) is 0 Å². The van der Waals surface area contributed by atoms with Crippen molar-refractivity contribution in [1.82, 2.24) is 0 Å². The molecule has 0 N–H and O–H groups in total. The number of aryl methyl sites for hydroxylation is 2. The molecule has 0 atom stereocenters. The van der Waals surface area contributed by atoms with E-state index in [0.717, 1.165) is 16.8 Å². The van der Waals surface area contributed by atoms with Crippen LogP contribution in [0.15, 0.2) is 42.5 Å². The Morgan fingerprint density at radius 1 is 0.952 bits per heavy atom. The quantitative estimate of drug-likeness (QED) is 0.401. The molecule has 108 valence electrons. The minimum Gasteiger partial charge on any atom is -0.0795 e. The summed E-state index contributed by atoms with van der Waals surface area (Å²) in [5.74, 6) is 0. The van der Waals surface area contributed by atoms with Crippen LogP contribution >= 0.6 is 12.2 Å². The number of hydrogen-bond donors (Lipinski definition) is 0. The third kappa shape index (κ3) is 3.68. The Labute approximate surface area is 133 Å². The normalized spacial score (nSPS) is 11.0. The van der Waals surface area contributed by atoms with Crippen LogP contribution in [-0.4, -0.2) is 4.86 Å². The van der Waals surface area contributed by atoms with E-state index >= 15 is 0 Å². The second kappa shape index (κ2) is 6.82. The number of benzene rings is 2. The first-order chi connectivity index (χ1) is 10.0. The SMILES string of the molecule is CCc1ccc(C(=S)C=Cc2ccc(C)c(C)c2C)cc1. The Morgan fingerprint density at radius 3 is 2.24 bits per heavy atom. The van der Waals surface area contributed by atoms with Gasteiger partial charge >= 0.3 is 0 Å². The largest absolute Gasteiger partial charge is 0.0795 e. The van der Waals surface area contributed by atoms with Crippen molar-refractivity contribution in [1.29, 1.82) is 0 Å². The first-order valence-corrected chi connectivity index (χ1v) is 7.82. The van der Waals surface area contributed by atoms with Crippen LogP contribution < -0.4 is 0 Å². The fraction of sp³-hybridized carbons (Fsp3) is 0.250. The van der Waals surface area contributed by atoms with Crippen molar-refractivity contribution in [2.24, 2.45) is 0 Å². The maximum Gasteiger partial charge on any atom is 0.0449 e. The zero-order valence-corrected chi connectivity index (χ0v) is 14.1. The number of thiocarbonyl (C=S) groups is 1. The van der Waals surface area contributed by atoms with E-state index in [1.54, 1.807) is 0 Å². The van der Waals surface area contributed by atoms with Gasteiger partial charge in [0.25, 0.3) is 0 Å². The third-order valence-electron chi connectivity index (χ3n) is 4.16. The molecule has 1 heteroatoms. The Morgan fingerprint density at radius 2 is 1.62 bits per heavy atom. The molecule has 2 rings (SSSR count). The highest BCUT2D eigenvalue weighted by atomic mass is 32.1. The lowest BCUT2D eigenvalue weighted by atomic mass is 9.98. The second-order valence-electron chi connectivity index (χ2n) is 5.47. The van der Waals surface area contributed by atoms with E-state index < -0.39 is 0 Å². The van der Waals surface area contributed by atoms with E-state index in [1.807, 2.05) is 6.08 Å². The molecule has 21 heavy (non-hydrogen) atoms. The van der Waals surface area contributed by atoms with E-state index in [-0.39, 0.29) is 0 Å². The van der Waals surface area contributed by atoms with Crippen LogP contribution in [0.5, 0.6) is 0 Å². The van der Waals surface area contributed by atoms with Crippen molar-refractivity contribution >= 4 is 23.2 Å². The van der Waals surface area contributed by atoms with Gasteiger partial charge in [-0.3, -0.25) is 0 Å². The summed E-state index contributed by atoms with van der Waals surface area (Å²) in [5, 5.41) is 0. The highest BCUT2D eigenvalue weighted by molar-refractivity contribution is 7.81. The smallest absolute Gasteiger partial charge is 0.0449 e. The van der Waals surface area contributed by atoms with Gasteiger partial charge in [0.2, 0.25) is 0 Å². The van der Waals surface area contributed by atoms with Gasteiger partial charge in [0.1, 0.15) is 0 Å². The van der Waals surface area contributed by atoms with Crippen molar-refractivity contribution in [2.45, 2.75) is 34.1 Å². The van der Waals surface area contributed by atoms with E-state index in [1.165, 1.54) is 27.8 Å². The molecule has 0 saturated heterocycles. The van der Waals surface area contributed by atoms with Gasteiger partial charge < -0.3 is 0 Å². The van der Waals surface area contributed by atoms with E-state index in [9.17, 15) is 0 Å². The summed E-state index contributed by atoms with van der Waals surface area (Å²) in [4.78, 5) is 0.885. The summed E-state index contributed by atoms with van der Waals surface area (Å²) in [7, 11) is 0. The van der Waals surface area contributed by atoms with E-state index in [2.05, 4.69) is 70.2 Å². The van der Waals surface area contributed by atoms with Gasteiger partial charge in [0.05, 0.1) is 0 Å². The highest BCUT2D eigenvalue weighted by Crippen LogP contribution is 2.19. The van der Waals surface area contributed by atoms with Crippen LogP contribution in [-0.2, 0) is 6.42 Å². The van der Waals surface area contributed by atoms with Crippen molar-refractivity contribution < 1.29 is 0 Å². The van der Waals surface area contributed by atoms with Crippen LogP contribution in [0.25, 0.3) is 6.08 Å². The fourth-order valence-electron chi connectivity index (χ4n) is 2.32. The summed E-state index contributed by atoms with van der Waals surface area (Å²) < 4.78 is 0. The molecule has 0 bridgehead atoms. The zero-order chi connectivity index (χ0) is 15.4. The predicted octanol–water partition coefficient (Wildman–Crippen LogP) is 5.61. The average molecular weight is 294 g/mol. The molecule has 0 unspecified atom stereocenters. The third-order valence-corrected chi connectivity index (χ3v) is 4.53. The zero-order valence-electron chi connectivity index (χ0n) is 13.2. The van der Waals surface area contributed by atoms with E-state index in [0.29, 0.717) is 0 Å². The lowest BCUT2D eigenvalue weighted by Crippen LogP contribution is -1.94. The standard InChI is InChI=1S/C20H22S/c1-5-17-7-10-19(11-8-17)20(21)13-12-18-9-6-14(2)15(3)16(18)4/h6-13H,5H2,1-4H3. The van der Waals surface area contributed by atoms with Crippen LogP contribution in [0.3, 0.4) is 0 Å². The molecule has 0 aliphatic rings. The molecule has 0 spiro atoms. The maximum atomic E-state index is 5.51. The second-order valence-corrected chi connectivity index (χ2v) is 5.91. The van der Waals surface area contributed by atoms with Gasteiger partial charge in [-0.25, -0.2) is 0 Å². The Bertz CT molecular complexity index is 676. The summed E-state index contributed by atoms with van der Waals surface area (Å²) in [6.45, 7) is 8.65. The first kappa shape index (κ1) is 15.7. The lowest BCUT2D eigenvalue weighted by Gasteiger charge is -2.08. The van der Waals surface area contributed by atoms with Gasteiger partial charge in [0, 0.05) is 4.86 Å². The Balaban J connectivity index is 2.20. The Kier molecular flexibility index (Phi) is 5.08. The first-order valence-electron chi connectivity index (χ1n) is 7.41. The molecular weight excluding hydrogens is 272 g/mol. The molecule has 0 heterocycles. The maximum absolute atomic E-state index is 5.51. The van der Waals surface area contributed by atoms with Crippen molar-refractivity contribution in [2.75, 3.05) is 0 Å². The molecular formula is C20H22S. The average Bonchev–Trinajstić information content (AvgIpc) is 2.52. The van der Waals surface area contributed by atoms with Crippen LogP contribution in [0, 0.1) is 20.8 Å². The molecule has 0 saturated carbocycles. The summed E-state index contributed by atoms with van der Waals surface area (Å²) in [6.07, 6.45) is 5.22. The summed E-state index contributed by atoms with van der Waals surface area (Å²) in [5.41, 5.74) is 7.72. The van der Waals surface area contributed by atoms with E-state index in [4.69, 9.17) is 12.2 Å². The summed E-state index contributed by atoms with van der Waals surface area (Å²) in [6, 6.07) is 12.9. The number of allylic oxidation sites excluding steroid dienone is 1. The highest BCUT2D eigenvalue weighted by Gasteiger charge is 2.02. The molecule has 0 amide bonds. The predicted molar refractivity (Wildman–Crippen MR) is 97.2 cm³/mol. The van der Waals surface area contributed by atoms with Crippen molar-refractivity contribution in [3.05, 3.63) is 75.9 Å². The van der Waals surface area contributed by atoms with Gasteiger partial charge in [-0.15, -0.1) is 0 Å². The lowest BCUT2D eigenvalue weighted by molar-refractivity contribution is 1.14. The minimum absolute atomic E-state index is 0.885. The minimum atomic E-state index is 0.885. The van der Waals surface area contributed by atoms with Gasteiger partial charge in [-0.2, -0.15) is 0 Å². The molecule has 0 aliphatic heterocycles. The van der Waals surface area contributed by atoms with Crippen LogP contribution in [0.2, 0.25) is 0 Å². The van der Waals surface area contributed by atoms with Crippen molar-refractivity contribution in [3.63, 3.8) is 0 Å². The number of hydrogen-bond acceptors (Lipinski definition) is 1. The summed E-state index contributed by atoms with van der Waals surface area (Å²) >= 11 is 5.51. The molecule has 0 nitrogen and oxygen atoms in total. The van der Waals surface area contributed by atoms with Crippen LogP contribution in [0.1, 0.15) is 40.3 Å². The topological polar surface area (TPSA) is 0 Å². The molecule has 2 aromatic rings. The number of rotatable bonds is 4. The monoisotopic (exact) mass is 294 g/mol. The fourth-order valence-corrected chi connectivity index (χ4v) is 2.53. The molecule has 0 aromatic heterocycles. The van der Waals surface area contributed by atoms with Gasteiger partial charge in [-0.05, 0) is 66.6 Å². The molecule has 0 fully saturated rings. The van der Waals surface area contributed by atoms with Crippen LogP contribution in [0.4, 0.5) is 0 Å². The molecule has 0 radical (unpaired) electrons. The molecule has 0 aliphatic carbocycles. The molecule has 2 aromatic carbocycles. The Hall–Kier alpha value is -1.73.